The maximum atomic E-state index is 11.5. The average molecular weight is 240 g/mol. The quantitative estimate of drug-likeness (QED) is 0.605. The minimum Gasteiger partial charge on any atom is -0.480 e. The smallest absolute Gasteiger partial charge is 0.326 e. The van der Waals surface area contributed by atoms with Gasteiger partial charge in [-0.25, -0.2) is 14.6 Å². The van der Waals surface area contributed by atoms with Crippen LogP contribution in [0.3, 0.4) is 0 Å². The van der Waals surface area contributed by atoms with E-state index in [1.165, 1.54) is 0 Å². The molecule has 1 aromatic heterocycles. The van der Waals surface area contributed by atoms with Crippen molar-refractivity contribution in [2.24, 2.45) is 0 Å². The number of nitrogens with one attached hydrogen (secondary N) is 3. The lowest BCUT2D eigenvalue weighted by atomic mass is 10.2. The molecule has 1 rings (SSSR count). The number of H-pyrrole nitrogens is 1. The lowest BCUT2D eigenvalue weighted by molar-refractivity contribution is -0.139. The molecule has 0 aliphatic carbocycles. The molecule has 2 amide bonds. The summed E-state index contributed by atoms with van der Waals surface area (Å²) in [5.74, 6) is -0.433. The van der Waals surface area contributed by atoms with E-state index in [-0.39, 0.29) is 6.04 Å². The van der Waals surface area contributed by atoms with E-state index >= 15 is 0 Å². The second kappa shape index (κ2) is 5.88. The van der Waals surface area contributed by atoms with E-state index in [4.69, 9.17) is 5.11 Å². The van der Waals surface area contributed by atoms with Crippen LogP contribution < -0.4 is 10.6 Å². The van der Waals surface area contributed by atoms with Crippen molar-refractivity contribution >= 4 is 12.0 Å². The number of amides is 2. The molecular weight excluding hydrogens is 224 g/mol. The number of aliphatic carboxylic acids is 1. The summed E-state index contributed by atoms with van der Waals surface area (Å²) in [5, 5.41) is 13.7. The van der Waals surface area contributed by atoms with E-state index < -0.39 is 18.0 Å². The molecule has 17 heavy (non-hydrogen) atoms. The maximum absolute atomic E-state index is 11.5. The van der Waals surface area contributed by atoms with Crippen molar-refractivity contribution in [2.75, 3.05) is 0 Å². The molecule has 0 aliphatic heterocycles. The summed E-state index contributed by atoms with van der Waals surface area (Å²) < 4.78 is 0. The Morgan fingerprint density at radius 3 is 2.71 bits per heavy atom. The molecule has 2 atom stereocenters. The third-order valence-electron chi connectivity index (χ3n) is 2.29. The van der Waals surface area contributed by atoms with Crippen LogP contribution in [-0.2, 0) is 4.79 Å². The number of urea groups is 1. The normalized spacial score (nSPS) is 13.8. The minimum absolute atomic E-state index is 0.309. The fourth-order valence-corrected chi connectivity index (χ4v) is 1.32. The Hall–Kier alpha value is -2.05. The first-order valence-electron chi connectivity index (χ1n) is 5.33. The zero-order chi connectivity index (χ0) is 12.8. The summed E-state index contributed by atoms with van der Waals surface area (Å²) >= 11 is 0. The second-order valence-corrected chi connectivity index (χ2v) is 3.61. The van der Waals surface area contributed by atoms with Gasteiger partial charge in [-0.2, -0.15) is 0 Å². The highest BCUT2D eigenvalue weighted by molar-refractivity contribution is 5.82. The van der Waals surface area contributed by atoms with Gasteiger partial charge in [0.2, 0.25) is 0 Å². The molecule has 0 bridgehead atoms. The zero-order valence-electron chi connectivity index (χ0n) is 9.73. The number of carbonyl (C=O) groups is 2. The Kier molecular flexibility index (Phi) is 4.50. The lowest BCUT2D eigenvalue weighted by Gasteiger charge is -2.16. The van der Waals surface area contributed by atoms with Crippen molar-refractivity contribution in [1.82, 2.24) is 20.6 Å². The van der Waals surface area contributed by atoms with E-state index in [0.717, 1.165) is 0 Å². The van der Waals surface area contributed by atoms with Crippen LogP contribution in [0.15, 0.2) is 12.4 Å². The molecule has 94 valence electrons. The third kappa shape index (κ3) is 3.78. The summed E-state index contributed by atoms with van der Waals surface area (Å²) in [6.07, 6.45) is 3.56. The monoisotopic (exact) mass is 240 g/mol. The number of carbonyl (C=O) groups excluding carboxylic acids is 1. The molecule has 0 fully saturated rings. The standard InChI is InChI=1S/C10H16N4O3/c1-3-7(9(15)16)14-10(17)13-6(2)8-11-4-5-12-8/h4-7H,3H2,1-2H3,(H,11,12)(H,15,16)(H2,13,14,17). The average Bonchev–Trinajstić information content (AvgIpc) is 2.78. The minimum atomic E-state index is -1.05. The van der Waals surface area contributed by atoms with Gasteiger partial charge in [0.05, 0.1) is 6.04 Å². The summed E-state index contributed by atoms with van der Waals surface area (Å²) in [4.78, 5) is 29.1. The van der Waals surface area contributed by atoms with Crippen molar-refractivity contribution < 1.29 is 14.7 Å². The van der Waals surface area contributed by atoms with Crippen LogP contribution in [-0.4, -0.2) is 33.1 Å². The van der Waals surface area contributed by atoms with Gasteiger partial charge in [-0.1, -0.05) is 6.92 Å². The molecular formula is C10H16N4O3. The van der Waals surface area contributed by atoms with Crippen LogP contribution >= 0.6 is 0 Å². The first-order chi connectivity index (χ1) is 8.04. The van der Waals surface area contributed by atoms with Gasteiger partial charge in [0, 0.05) is 12.4 Å². The van der Waals surface area contributed by atoms with Gasteiger partial charge in [0.25, 0.3) is 0 Å². The van der Waals surface area contributed by atoms with Crippen LogP contribution in [0, 0.1) is 0 Å². The van der Waals surface area contributed by atoms with Gasteiger partial charge in [0.15, 0.2) is 0 Å². The van der Waals surface area contributed by atoms with Crippen LogP contribution in [0.25, 0.3) is 0 Å². The molecule has 0 saturated heterocycles. The highest BCUT2D eigenvalue weighted by atomic mass is 16.4. The number of hydrogen-bond donors (Lipinski definition) is 4. The van der Waals surface area contributed by atoms with Crippen LogP contribution in [0.5, 0.6) is 0 Å². The van der Waals surface area contributed by atoms with Crippen molar-refractivity contribution in [2.45, 2.75) is 32.4 Å². The van der Waals surface area contributed by atoms with Gasteiger partial charge in [-0.15, -0.1) is 0 Å². The molecule has 7 heteroatoms. The number of hydrogen-bond acceptors (Lipinski definition) is 3. The van der Waals surface area contributed by atoms with Crippen molar-refractivity contribution in [3.63, 3.8) is 0 Å². The number of nitrogens with zero attached hydrogens (tertiary/aromatic N) is 1. The Labute approximate surface area is 98.6 Å². The van der Waals surface area contributed by atoms with E-state index in [2.05, 4.69) is 20.6 Å². The zero-order valence-corrected chi connectivity index (χ0v) is 9.73. The number of aromatic amines is 1. The number of carboxylic acid groups (broad SMARTS) is 1. The van der Waals surface area contributed by atoms with Gasteiger partial charge >= 0.3 is 12.0 Å². The van der Waals surface area contributed by atoms with Gasteiger partial charge in [-0.05, 0) is 13.3 Å². The molecule has 1 heterocycles. The summed E-state index contributed by atoms with van der Waals surface area (Å²) in [6, 6.07) is -1.71. The SMILES string of the molecule is CCC(NC(=O)NC(C)c1ncc[nH]1)C(=O)O. The third-order valence-corrected chi connectivity index (χ3v) is 2.29. The highest BCUT2D eigenvalue weighted by Gasteiger charge is 2.19. The van der Waals surface area contributed by atoms with E-state index in [9.17, 15) is 9.59 Å². The molecule has 1 aromatic rings. The molecule has 4 N–H and O–H groups in total. The predicted octanol–water partition coefficient (Wildman–Crippen LogP) is 0.633. The van der Waals surface area contributed by atoms with Crippen LogP contribution in [0.1, 0.15) is 32.1 Å². The van der Waals surface area contributed by atoms with Crippen LogP contribution in [0.2, 0.25) is 0 Å². The Morgan fingerprint density at radius 1 is 1.53 bits per heavy atom. The van der Waals surface area contributed by atoms with Gasteiger partial charge < -0.3 is 20.7 Å². The van der Waals surface area contributed by atoms with E-state index in [1.807, 2.05) is 0 Å². The molecule has 0 aromatic carbocycles. The molecule has 2 unspecified atom stereocenters. The van der Waals surface area contributed by atoms with E-state index in [1.54, 1.807) is 26.2 Å². The molecule has 0 saturated carbocycles. The largest absolute Gasteiger partial charge is 0.480 e. The maximum Gasteiger partial charge on any atom is 0.326 e. The highest BCUT2D eigenvalue weighted by Crippen LogP contribution is 2.04. The number of imidazole rings is 1. The second-order valence-electron chi connectivity index (χ2n) is 3.61. The fraction of sp³-hybridized carbons (Fsp3) is 0.500. The summed E-state index contributed by atoms with van der Waals surface area (Å²) in [5.41, 5.74) is 0. The first kappa shape index (κ1) is 13.0. The Balaban J connectivity index is 2.47. The van der Waals surface area contributed by atoms with Crippen LogP contribution in [0.4, 0.5) is 4.79 Å². The molecule has 0 spiro atoms. The molecule has 0 aliphatic rings. The first-order valence-corrected chi connectivity index (χ1v) is 5.33. The Bertz CT molecular complexity index is 377. The van der Waals surface area contributed by atoms with Crippen molar-refractivity contribution in [3.05, 3.63) is 18.2 Å². The number of rotatable bonds is 5. The number of carboxylic acids is 1. The van der Waals surface area contributed by atoms with Crippen molar-refractivity contribution in [1.29, 1.82) is 0 Å². The van der Waals surface area contributed by atoms with Gasteiger partial charge in [-0.3, -0.25) is 0 Å². The molecule has 7 nitrogen and oxygen atoms in total. The fourth-order valence-electron chi connectivity index (χ4n) is 1.32. The number of aromatic nitrogens is 2. The summed E-state index contributed by atoms with van der Waals surface area (Å²) in [7, 11) is 0. The van der Waals surface area contributed by atoms with E-state index in [0.29, 0.717) is 12.2 Å². The lowest BCUT2D eigenvalue weighted by Crippen LogP contribution is -2.46. The van der Waals surface area contributed by atoms with Gasteiger partial charge in [0.1, 0.15) is 11.9 Å². The molecule has 0 radical (unpaired) electrons. The summed E-state index contributed by atoms with van der Waals surface area (Å²) in [6.45, 7) is 3.44. The Morgan fingerprint density at radius 2 is 2.24 bits per heavy atom. The topological polar surface area (TPSA) is 107 Å². The predicted molar refractivity (Wildman–Crippen MR) is 60.4 cm³/mol. The van der Waals surface area contributed by atoms with Crippen molar-refractivity contribution in [3.8, 4) is 0 Å².